The maximum atomic E-state index is 11.0. The Labute approximate surface area is 115 Å². The van der Waals surface area contributed by atoms with E-state index < -0.39 is 12.0 Å². The Hall–Kier alpha value is -0.290. The van der Waals surface area contributed by atoms with Gasteiger partial charge in [0.2, 0.25) is 0 Å². The SMILES string of the molecule is CC(C)CC(NCc1csc(Cl)c1Cl)C(=O)O. The second kappa shape index (κ2) is 6.59. The maximum Gasteiger partial charge on any atom is 0.320 e. The van der Waals surface area contributed by atoms with Crippen LogP contribution < -0.4 is 5.32 Å². The molecule has 1 heterocycles. The third-order valence-corrected chi connectivity index (χ3v) is 4.21. The van der Waals surface area contributed by atoms with E-state index in [9.17, 15) is 4.79 Å². The predicted molar refractivity (Wildman–Crippen MR) is 72.1 cm³/mol. The Morgan fingerprint density at radius 3 is 2.59 bits per heavy atom. The first-order valence-corrected chi connectivity index (χ1v) is 6.93. The Bertz CT molecular complexity index is 393. The summed E-state index contributed by atoms with van der Waals surface area (Å²) in [5.74, 6) is -0.513. The maximum absolute atomic E-state index is 11.0. The number of halogens is 2. The lowest BCUT2D eigenvalue weighted by molar-refractivity contribution is -0.140. The highest BCUT2D eigenvalue weighted by atomic mass is 35.5. The zero-order valence-electron chi connectivity index (χ0n) is 9.67. The monoisotopic (exact) mass is 295 g/mol. The van der Waals surface area contributed by atoms with Crippen molar-refractivity contribution in [2.24, 2.45) is 5.92 Å². The summed E-state index contributed by atoms with van der Waals surface area (Å²) in [5.41, 5.74) is 0.844. The normalized spacial score (nSPS) is 13.0. The summed E-state index contributed by atoms with van der Waals surface area (Å²) < 4.78 is 0.541. The molecule has 0 radical (unpaired) electrons. The number of aliphatic carboxylic acids is 1. The molecular weight excluding hydrogens is 281 g/mol. The van der Waals surface area contributed by atoms with Crippen molar-refractivity contribution in [2.75, 3.05) is 0 Å². The van der Waals surface area contributed by atoms with E-state index in [-0.39, 0.29) is 0 Å². The molecule has 0 aliphatic rings. The van der Waals surface area contributed by atoms with Crippen molar-refractivity contribution in [1.82, 2.24) is 5.32 Å². The van der Waals surface area contributed by atoms with Crippen molar-refractivity contribution in [3.05, 3.63) is 20.3 Å². The number of carboxylic acid groups (broad SMARTS) is 1. The summed E-state index contributed by atoms with van der Waals surface area (Å²) in [6, 6.07) is -0.551. The molecule has 0 amide bonds. The summed E-state index contributed by atoms with van der Waals surface area (Å²) in [5, 5.41) is 14.4. The molecule has 2 N–H and O–H groups in total. The van der Waals surface area contributed by atoms with Crippen molar-refractivity contribution < 1.29 is 9.90 Å². The van der Waals surface area contributed by atoms with E-state index in [0.29, 0.717) is 28.2 Å². The first kappa shape index (κ1) is 14.8. The van der Waals surface area contributed by atoms with Crippen molar-refractivity contribution >= 4 is 40.5 Å². The van der Waals surface area contributed by atoms with Gasteiger partial charge in [0.1, 0.15) is 10.4 Å². The molecule has 1 aromatic heterocycles. The Balaban J connectivity index is 2.58. The average molecular weight is 296 g/mol. The van der Waals surface area contributed by atoms with E-state index in [1.54, 1.807) is 0 Å². The van der Waals surface area contributed by atoms with Gasteiger partial charge >= 0.3 is 5.97 Å². The Morgan fingerprint density at radius 1 is 1.53 bits per heavy atom. The van der Waals surface area contributed by atoms with Crippen LogP contribution in [0.1, 0.15) is 25.8 Å². The number of hydrogen-bond donors (Lipinski definition) is 2. The number of carboxylic acids is 1. The number of thiophene rings is 1. The summed E-state index contributed by atoms with van der Waals surface area (Å²) in [4.78, 5) is 11.0. The van der Waals surface area contributed by atoms with Crippen molar-refractivity contribution in [2.45, 2.75) is 32.9 Å². The van der Waals surface area contributed by atoms with Crippen LogP contribution in [-0.2, 0) is 11.3 Å². The van der Waals surface area contributed by atoms with Gasteiger partial charge in [0.25, 0.3) is 0 Å². The van der Waals surface area contributed by atoms with Gasteiger partial charge in [0.05, 0.1) is 5.02 Å². The third kappa shape index (κ3) is 4.47. The Kier molecular flexibility index (Phi) is 5.73. The highest BCUT2D eigenvalue weighted by Gasteiger charge is 2.19. The summed E-state index contributed by atoms with van der Waals surface area (Å²) in [6.45, 7) is 4.41. The van der Waals surface area contributed by atoms with Crippen LogP contribution in [0, 0.1) is 5.92 Å². The minimum Gasteiger partial charge on any atom is -0.480 e. The van der Waals surface area contributed by atoms with E-state index in [2.05, 4.69) is 5.32 Å². The quantitative estimate of drug-likeness (QED) is 0.842. The highest BCUT2D eigenvalue weighted by Crippen LogP contribution is 2.32. The van der Waals surface area contributed by atoms with Crippen molar-refractivity contribution in [3.63, 3.8) is 0 Å². The topological polar surface area (TPSA) is 49.3 Å². The fourth-order valence-electron chi connectivity index (χ4n) is 1.45. The van der Waals surface area contributed by atoms with Gasteiger partial charge in [-0.15, -0.1) is 11.3 Å². The molecular formula is C11H15Cl2NO2S. The molecule has 1 rings (SSSR count). The number of carbonyl (C=O) groups is 1. The molecule has 0 aromatic carbocycles. The minimum absolute atomic E-state index is 0.324. The molecule has 0 aliphatic heterocycles. The molecule has 3 nitrogen and oxygen atoms in total. The standard InChI is InChI=1S/C11H15Cl2NO2S/c1-6(2)3-8(11(15)16)14-4-7-5-17-10(13)9(7)12/h5-6,8,14H,3-4H2,1-2H3,(H,15,16). The first-order chi connectivity index (χ1) is 7.91. The Morgan fingerprint density at radius 2 is 2.18 bits per heavy atom. The second-order valence-corrected chi connectivity index (χ2v) is 6.11. The van der Waals surface area contributed by atoms with E-state index in [1.165, 1.54) is 11.3 Å². The van der Waals surface area contributed by atoms with Crippen LogP contribution in [0.15, 0.2) is 5.38 Å². The number of nitrogens with one attached hydrogen (secondary N) is 1. The van der Waals surface area contributed by atoms with E-state index in [4.69, 9.17) is 28.3 Å². The molecule has 0 bridgehead atoms. The van der Waals surface area contributed by atoms with Gasteiger partial charge in [0, 0.05) is 6.54 Å². The van der Waals surface area contributed by atoms with Crippen LogP contribution in [0.4, 0.5) is 0 Å². The van der Waals surface area contributed by atoms with Crippen molar-refractivity contribution in [1.29, 1.82) is 0 Å². The molecule has 1 aromatic rings. The smallest absolute Gasteiger partial charge is 0.320 e. The van der Waals surface area contributed by atoms with E-state index >= 15 is 0 Å². The van der Waals surface area contributed by atoms with Crippen LogP contribution in [0.2, 0.25) is 9.36 Å². The van der Waals surface area contributed by atoms with Gasteiger partial charge in [-0.2, -0.15) is 0 Å². The molecule has 1 unspecified atom stereocenters. The van der Waals surface area contributed by atoms with Gasteiger partial charge in [-0.25, -0.2) is 0 Å². The highest BCUT2D eigenvalue weighted by molar-refractivity contribution is 7.15. The molecule has 17 heavy (non-hydrogen) atoms. The molecule has 0 saturated carbocycles. The van der Waals surface area contributed by atoms with Gasteiger partial charge in [-0.05, 0) is 23.3 Å². The number of rotatable bonds is 6. The van der Waals surface area contributed by atoms with Gasteiger partial charge in [0.15, 0.2) is 0 Å². The minimum atomic E-state index is -0.837. The zero-order chi connectivity index (χ0) is 13.0. The fraction of sp³-hybridized carbons (Fsp3) is 0.545. The van der Waals surface area contributed by atoms with Crippen molar-refractivity contribution in [3.8, 4) is 0 Å². The lowest BCUT2D eigenvalue weighted by Crippen LogP contribution is -2.37. The lowest BCUT2D eigenvalue weighted by atomic mass is 10.0. The lowest BCUT2D eigenvalue weighted by Gasteiger charge is -2.16. The molecule has 0 aliphatic carbocycles. The van der Waals surface area contributed by atoms with Gasteiger partial charge < -0.3 is 10.4 Å². The third-order valence-electron chi connectivity index (χ3n) is 2.30. The summed E-state index contributed by atoms with van der Waals surface area (Å²) in [6.07, 6.45) is 0.588. The molecule has 0 fully saturated rings. The summed E-state index contributed by atoms with van der Waals surface area (Å²) >= 11 is 13.2. The first-order valence-electron chi connectivity index (χ1n) is 5.29. The molecule has 1 atom stereocenters. The largest absolute Gasteiger partial charge is 0.480 e. The van der Waals surface area contributed by atoms with E-state index in [1.807, 2.05) is 19.2 Å². The molecule has 6 heteroatoms. The number of hydrogen-bond acceptors (Lipinski definition) is 3. The fourth-order valence-corrected chi connectivity index (χ4v) is 2.70. The molecule has 96 valence electrons. The predicted octanol–water partition coefficient (Wildman–Crippen LogP) is 3.64. The van der Waals surface area contributed by atoms with Gasteiger partial charge in [-0.3, -0.25) is 4.79 Å². The van der Waals surface area contributed by atoms with Crippen LogP contribution in [0.3, 0.4) is 0 Å². The van der Waals surface area contributed by atoms with Crippen LogP contribution in [0.25, 0.3) is 0 Å². The van der Waals surface area contributed by atoms with Gasteiger partial charge in [-0.1, -0.05) is 37.0 Å². The summed E-state index contributed by atoms with van der Waals surface area (Å²) in [7, 11) is 0. The second-order valence-electron chi connectivity index (χ2n) is 4.25. The molecule has 0 saturated heterocycles. The molecule has 0 spiro atoms. The van der Waals surface area contributed by atoms with Crippen LogP contribution >= 0.6 is 34.5 Å². The van der Waals surface area contributed by atoms with Crippen LogP contribution in [0.5, 0.6) is 0 Å². The van der Waals surface area contributed by atoms with Crippen LogP contribution in [-0.4, -0.2) is 17.1 Å². The average Bonchev–Trinajstić information content (AvgIpc) is 2.54. The van der Waals surface area contributed by atoms with E-state index in [0.717, 1.165) is 5.56 Å². The zero-order valence-corrected chi connectivity index (χ0v) is 12.0.